The second-order valence-electron chi connectivity index (χ2n) is 8.49. The van der Waals surface area contributed by atoms with Gasteiger partial charge in [-0.05, 0) is 66.6 Å². The van der Waals surface area contributed by atoms with Crippen molar-refractivity contribution < 1.29 is 32.6 Å². The number of ether oxygens (including phenoxy) is 2. The summed E-state index contributed by atoms with van der Waals surface area (Å²) < 4.78 is 44.3. The molecule has 0 fully saturated rings. The van der Waals surface area contributed by atoms with E-state index in [-0.39, 0.29) is 25.2 Å². The van der Waals surface area contributed by atoms with E-state index in [1.54, 1.807) is 18.2 Å². The van der Waals surface area contributed by atoms with Gasteiger partial charge in [0.15, 0.2) is 11.6 Å². The van der Waals surface area contributed by atoms with Crippen LogP contribution in [0.3, 0.4) is 0 Å². The van der Waals surface area contributed by atoms with Crippen molar-refractivity contribution >= 4 is 16.9 Å². The first-order valence-corrected chi connectivity index (χ1v) is 11.2. The van der Waals surface area contributed by atoms with Gasteiger partial charge in [-0.15, -0.1) is 0 Å². The van der Waals surface area contributed by atoms with Crippen LogP contribution < -0.4 is 9.47 Å². The molecular formula is C26H30F2O5. The number of aliphatic carboxylic acids is 1. The Morgan fingerprint density at radius 3 is 2.48 bits per heavy atom. The molecule has 0 aliphatic carbocycles. The average molecular weight is 461 g/mol. The molecule has 7 heteroatoms. The van der Waals surface area contributed by atoms with Gasteiger partial charge in [0, 0.05) is 23.8 Å². The molecule has 0 radical (unpaired) electrons. The van der Waals surface area contributed by atoms with E-state index >= 15 is 0 Å². The molecule has 0 amide bonds. The fourth-order valence-corrected chi connectivity index (χ4v) is 3.73. The second-order valence-corrected chi connectivity index (χ2v) is 8.49. The van der Waals surface area contributed by atoms with Crippen molar-refractivity contribution in [3.05, 3.63) is 58.6 Å². The van der Waals surface area contributed by atoms with Crippen molar-refractivity contribution in [2.75, 3.05) is 6.86 Å². The SMILES string of the molecule is CCc1cc2cc(OCF)cc(COc3cc(CCC(C)C)c(CCC(=O)O)cc3F)c2o1. The fraction of sp³-hybridized carbons (Fsp3) is 0.423. The number of hydrogen-bond acceptors (Lipinski definition) is 4. The van der Waals surface area contributed by atoms with Crippen LogP contribution in [0.4, 0.5) is 8.78 Å². The second kappa shape index (κ2) is 11.2. The quantitative estimate of drug-likeness (QED) is 0.329. The third-order valence-corrected chi connectivity index (χ3v) is 5.52. The standard InChI is InChI=1S/C26H30F2O5/c1-4-21-9-19-10-22(32-15-27)11-20(26(19)33-21)14-31-24-13-18(6-5-16(2)3)17(12-23(24)28)7-8-25(29)30/h9-13,16H,4-8,14-15H2,1-3H3,(H,29,30). The Bertz CT molecular complexity index is 1100. The van der Waals surface area contributed by atoms with Crippen molar-refractivity contribution in [3.8, 4) is 11.5 Å². The summed E-state index contributed by atoms with van der Waals surface area (Å²) in [6, 6.07) is 8.22. The van der Waals surface area contributed by atoms with E-state index in [4.69, 9.17) is 19.0 Å². The van der Waals surface area contributed by atoms with Crippen LogP contribution in [0.5, 0.6) is 11.5 Å². The summed E-state index contributed by atoms with van der Waals surface area (Å²) in [6.45, 7) is 5.21. The Balaban J connectivity index is 1.89. The molecule has 0 unspecified atom stereocenters. The molecule has 1 heterocycles. The molecule has 0 saturated carbocycles. The highest BCUT2D eigenvalue weighted by atomic mass is 19.1. The summed E-state index contributed by atoms with van der Waals surface area (Å²) in [5.74, 6) is 0.174. The van der Waals surface area contributed by atoms with Crippen molar-refractivity contribution in [1.29, 1.82) is 0 Å². The number of hydrogen-bond donors (Lipinski definition) is 1. The lowest BCUT2D eigenvalue weighted by molar-refractivity contribution is -0.136. The van der Waals surface area contributed by atoms with Crippen LogP contribution in [0.2, 0.25) is 0 Å². The number of rotatable bonds is 12. The largest absolute Gasteiger partial charge is 0.486 e. The molecule has 5 nitrogen and oxygen atoms in total. The molecule has 0 bridgehead atoms. The first-order chi connectivity index (χ1) is 15.8. The van der Waals surface area contributed by atoms with Gasteiger partial charge in [0.25, 0.3) is 0 Å². The average Bonchev–Trinajstić information content (AvgIpc) is 3.19. The lowest BCUT2D eigenvalue weighted by atomic mass is 9.95. The minimum atomic E-state index is -0.962. The van der Waals surface area contributed by atoms with Crippen molar-refractivity contribution in [1.82, 2.24) is 0 Å². The van der Waals surface area contributed by atoms with E-state index in [1.807, 2.05) is 13.0 Å². The van der Waals surface area contributed by atoms with Crippen molar-refractivity contribution in [2.24, 2.45) is 5.92 Å². The predicted octanol–water partition coefficient (Wildman–Crippen LogP) is 6.62. The van der Waals surface area contributed by atoms with Gasteiger partial charge in [0.05, 0.1) is 0 Å². The van der Waals surface area contributed by atoms with E-state index in [1.165, 1.54) is 6.07 Å². The molecule has 0 aliphatic rings. The molecule has 33 heavy (non-hydrogen) atoms. The van der Waals surface area contributed by atoms with E-state index in [0.29, 0.717) is 41.2 Å². The van der Waals surface area contributed by atoms with Crippen LogP contribution in [-0.2, 0) is 30.7 Å². The Kier molecular flexibility index (Phi) is 8.31. The molecule has 0 atom stereocenters. The lowest BCUT2D eigenvalue weighted by Crippen LogP contribution is -2.05. The Morgan fingerprint density at radius 2 is 1.82 bits per heavy atom. The van der Waals surface area contributed by atoms with Gasteiger partial charge in [-0.2, -0.15) is 0 Å². The Morgan fingerprint density at radius 1 is 1.06 bits per heavy atom. The number of carbonyl (C=O) groups is 1. The minimum Gasteiger partial charge on any atom is -0.486 e. The molecule has 178 valence electrons. The normalized spacial score (nSPS) is 11.3. The topological polar surface area (TPSA) is 68.9 Å². The third-order valence-electron chi connectivity index (χ3n) is 5.52. The van der Waals surface area contributed by atoms with Gasteiger partial charge in [-0.1, -0.05) is 20.8 Å². The first kappa shape index (κ1) is 24.6. The van der Waals surface area contributed by atoms with Crippen molar-refractivity contribution in [2.45, 2.75) is 59.5 Å². The highest BCUT2D eigenvalue weighted by Crippen LogP contribution is 2.31. The molecular weight excluding hydrogens is 430 g/mol. The maximum absolute atomic E-state index is 14.9. The molecule has 3 aromatic rings. The molecule has 1 N–H and O–H groups in total. The zero-order valence-corrected chi connectivity index (χ0v) is 19.2. The van der Waals surface area contributed by atoms with Gasteiger partial charge in [-0.25, -0.2) is 8.78 Å². The highest BCUT2D eigenvalue weighted by molar-refractivity contribution is 5.83. The summed E-state index contributed by atoms with van der Waals surface area (Å²) in [5.41, 5.74) is 2.78. The van der Waals surface area contributed by atoms with Crippen LogP contribution in [0.25, 0.3) is 11.0 Å². The summed E-state index contributed by atoms with van der Waals surface area (Å²) in [7, 11) is 0. The predicted molar refractivity (Wildman–Crippen MR) is 122 cm³/mol. The Hall–Kier alpha value is -3.09. The van der Waals surface area contributed by atoms with Gasteiger partial charge in [-0.3, -0.25) is 4.79 Å². The lowest BCUT2D eigenvalue weighted by Gasteiger charge is -2.15. The van der Waals surface area contributed by atoms with Gasteiger partial charge in [0.2, 0.25) is 6.86 Å². The summed E-state index contributed by atoms with van der Waals surface area (Å²) >= 11 is 0. The van der Waals surface area contributed by atoms with Crippen LogP contribution in [-0.4, -0.2) is 17.9 Å². The van der Waals surface area contributed by atoms with E-state index in [9.17, 15) is 13.6 Å². The smallest absolute Gasteiger partial charge is 0.303 e. The molecule has 0 saturated heterocycles. The summed E-state index contributed by atoms with van der Waals surface area (Å²) in [6.07, 6.45) is 2.48. The number of alkyl halides is 1. The molecule has 3 rings (SSSR count). The number of aryl methyl sites for hydroxylation is 3. The van der Waals surface area contributed by atoms with Crippen LogP contribution in [0, 0.1) is 11.7 Å². The maximum Gasteiger partial charge on any atom is 0.303 e. The number of carboxylic acids is 1. The van der Waals surface area contributed by atoms with E-state index < -0.39 is 18.6 Å². The fourth-order valence-electron chi connectivity index (χ4n) is 3.73. The zero-order valence-electron chi connectivity index (χ0n) is 19.2. The molecule has 2 aromatic carbocycles. The van der Waals surface area contributed by atoms with Crippen LogP contribution in [0.1, 0.15) is 56.1 Å². The third kappa shape index (κ3) is 6.46. The Labute approximate surface area is 192 Å². The molecule has 0 spiro atoms. The monoisotopic (exact) mass is 460 g/mol. The van der Waals surface area contributed by atoms with Gasteiger partial charge >= 0.3 is 5.97 Å². The number of carboxylic acid groups (broad SMARTS) is 1. The highest BCUT2D eigenvalue weighted by Gasteiger charge is 2.16. The van der Waals surface area contributed by atoms with E-state index in [2.05, 4.69) is 13.8 Å². The van der Waals surface area contributed by atoms with Crippen LogP contribution in [0.15, 0.2) is 34.7 Å². The number of fused-ring (bicyclic) bond motifs is 1. The zero-order chi connectivity index (χ0) is 24.0. The van der Waals surface area contributed by atoms with E-state index in [0.717, 1.165) is 23.1 Å². The minimum absolute atomic E-state index is 0.00562. The van der Waals surface area contributed by atoms with Gasteiger partial charge in [0.1, 0.15) is 23.7 Å². The summed E-state index contributed by atoms with van der Waals surface area (Å²) in [4.78, 5) is 11.0. The molecule has 1 aromatic heterocycles. The number of furan rings is 1. The van der Waals surface area contributed by atoms with Gasteiger partial charge < -0.3 is 19.0 Å². The van der Waals surface area contributed by atoms with Crippen LogP contribution >= 0.6 is 0 Å². The number of benzene rings is 2. The maximum atomic E-state index is 14.9. The van der Waals surface area contributed by atoms with Crippen molar-refractivity contribution in [3.63, 3.8) is 0 Å². The number of halogens is 2. The summed E-state index contributed by atoms with van der Waals surface area (Å²) in [5, 5.41) is 9.79. The first-order valence-electron chi connectivity index (χ1n) is 11.2. The molecule has 0 aliphatic heterocycles.